The maximum atomic E-state index is 11.2. The normalized spacial score (nSPS) is 12.5. The largest absolute Gasteiger partial charge is 0.490 e. The van der Waals surface area contributed by atoms with Crippen LogP contribution in [0.5, 0.6) is 0 Å². The second kappa shape index (κ2) is 8.58. The molecule has 1 amide bonds. The van der Waals surface area contributed by atoms with Crippen LogP contribution in [-0.4, -0.2) is 38.1 Å². The lowest BCUT2D eigenvalue weighted by Gasteiger charge is -2.15. The SMILES string of the molecule is C=CC(=O)NC(=CC)C(=CC)OCCN(C)C. The number of allylic oxidation sites excluding steroid dienone is 2. The molecule has 4 nitrogen and oxygen atoms in total. The van der Waals surface area contributed by atoms with Crippen molar-refractivity contribution >= 4 is 5.91 Å². The van der Waals surface area contributed by atoms with Gasteiger partial charge in [-0.25, -0.2) is 0 Å². The third-order valence-corrected chi connectivity index (χ3v) is 2.06. The number of nitrogens with one attached hydrogen (secondary N) is 1. The fraction of sp³-hybridized carbons (Fsp3) is 0.462. The second-order valence-corrected chi connectivity index (χ2v) is 3.70. The Morgan fingerprint density at radius 2 is 2.00 bits per heavy atom. The Labute approximate surface area is 104 Å². The van der Waals surface area contributed by atoms with Gasteiger partial charge in [0.2, 0.25) is 5.91 Å². The Morgan fingerprint density at radius 1 is 1.35 bits per heavy atom. The van der Waals surface area contributed by atoms with Gasteiger partial charge < -0.3 is 15.0 Å². The highest BCUT2D eigenvalue weighted by molar-refractivity contribution is 5.88. The summed E-state index contributed by atoms with van der Waals surface area (Å²) in [6, 6.07) is 0. The van der Waals surface area contributed by atoms with Crippen molar-refractivity contribution in [1.29, 1.82) is 0 Å². The standard InChI is InChI=1S/C13H22N2O2/c1-6-11(14-13(16)8-3)12(7-2)17-10-9-15(4)5/h6-8H,3,9-10H2,1-2,4-5H3,(H,14,16). The summed E-state index contributed by atoms with van der Waals surface area (Å²) in [5, 5.41) is 2.70. The smallest absolute Gasteiger partial charge is 0.247 e. The van der Waals surface area contributed by atoms with Gasteiger partial charge in [-0.1, -0.05) is 12.7 Å². The lowest BCUT2D eigenvalue weighted by atomic mass is 10.3. The Kier molecular flexibility index (Phi) is 7.80. The van der Waals surface area contributed by atoms with Gasteiger partial charge in [0.05, 0.1) is 5.70 Å². The van der Waals surface area contributed by atoms with Crippen LogP contribution in [0.3, 0.4) is 0 Å². The lowest BCUT2D eigenvalue weighted by molar-refractivity contribution is -0.115. The molecule has 0 bridgehead atoms. The number of hydrogen-bond donors (Lipinski definition) is 1. The van der Waals surface area contributed by atoms with Crippen molar-refractivity contribution in [1.82, 2.24) is 10.2 Å². The Morgan fingerprint density at radius 3 is 2.41 bits per heavy atom. The summed E-state index contributed by atoms with van der Waals surface area (Å²) in [6.45, 7) is 8.53. The molecule has 0 aromatic carbocycles. The van der Waals surface area contributed by atoms with Crippen molar-refractivity contribution in [3.8, 4) is 0 Å². The maximum absolute atomic E-state index is 11.2. The van der Waals surface area contributed by atoms with Crippen LogP contribution in [-0.2, 0) is 9.53 Å². The molecule has 0 aromatic heterocycles. The van der Waals surface area contributed by atoms with Crippen molar-refractivity contribution in [2.24, 2.45) is 0 Å². The molecule has 0 saturated heterocycles. The predicted molar refractivity (Wildman–Crippen MR) is 70.4 cm³/mol. The van der Waals surface area contributed by atoms with Gasteiger partial charge in [0.1, 0.15) is 12.4 Å². The molecule has 17 heavy (non-hydrogen) atoms. The minimum absolute atomic E-state index is 0.242. The molecule has 0 fully saturated rings. The zero-order chi connectivity index (χ0) is 13.3. The summed E-state index contributed by atoms with van der Waals surface area (Å²) >= 11 is 0. The summed E-state index contributed by atoms with van der Waals surface area (Å²) < 4.78 is 5.60. The zero-order valence-electron chi connectivity index (χ0n) is 11.1. The molecule has 0 aliphatic heterocycles. The van der Waals surface area contributed by atoms with Crippen LogP contribution in [0.4, 0.5) is 0 Å². The van der Waals surface area contributed by atoms with Crippen LogP contribution in [0.15, 0.2) is 36.3 Å². The fourth-order valence-corrected chi connectivity index (χ4v) is 1.11. The van der Waals surface area contributed by atoms with Crippen molar-refractivity contribution in [3.05, 3.63) is 36.3 Å². The van der Waals surface area contributed by atoms with Gasteiger partial charge in [-0.05, 0) is 40.1 Å². The molecule has 0 unspecified atom stereocenters. The molecule has 96 valence electrons. The summed E-state index contributed by atoms with van der Waals surface area (Å²) in [7, 11) is 3.96. The summed E-state index contributed by atoms with van der Waals surface area (Å²) in [4.78, 5) is 13.3. The molecule has 0 heterocycles. The Bertz CT molecular complexity index is 317. The van der Waals surface area contributed by atoms with E-state index in [1.54, 1.807) is 6.08 Å². The fourth-order valence-electron chi connectivity index (χ4n) is 1.11. The van der Waals surface area contributed by atoms with E-state index < -0.39 is 0 Å². The average molecular weight is 238 g/mol. The number of nitrogens with zero attached hydrogens (tertiary/aromatic N) is 1. The number of carbonyl (C=O) groups excluding carboxylic acids is 1. The quantitative estimate of drug-likeness (QED) is 0.417. The molecule has 4 heteroatoms. The van der Waals surface area contributed by atoms with Crippen LogP contribution >= 0.6 is 0 Å². The van der Waals surface area contributed by atoms with Gasteiger partial charge >= 0.3 is 0 Å². The molecule has 1 N–H and O–H groups in total. The first-order valence-corrected chi connectivity index (χ1v) is 5.59. The molecule has 0 spiro atoms. The van der Waals surface area contributed by atoms with Gasteiger partial charge in [0, 0.05) is 6.54 Å². The molecule has 0 aliphatic rings. The van der Waals surface area contributed by atoms with Crippen LogP contribution in [0.1, 0.15) is 13.8 Å². The highest BCUT2D eigenvalue weighted by atomic mass is 16.5. The number of ether oxygens (including phenoxy) is 1. The van der Waals surface area contributed by atoms with Crippen molar-refractivity contribution < 1.29 is 9.53 Å². The monoisotopic (exact) mass is 238 g/mol. The number of amides is 1. The van der Waals surface area contributed by atoms with E-state index >= 15 is 0 Å². The van der Waals surface area contributed by atoms with Crippen molar-refractivity contribution in [2.75, 3.05) is 27.2 Å². The summed E-state index contributed by atoms with van der Waals surface area (Å²) in [6.07, 6.45) is 4.86. The topological polar surface area (TPSA) is 41.6 Å². The van der Waals surface area contributed by atoms with Gasteiger partial charge in [0.15, 0.2) is 0 Å². The van der Waals surface area contributed by atoms with Gasteiger partial charge in [-0.3, -0.25) is 4.79 Å². The highest BCUT2D eigenvalue weighted by Crippen LogP contribution is 2.08. The van der Waals surface area contributed by atoms with Crippen LogP contribution in [0, 0.1) is 0 Å². The Balaban J connectivity index is 4.42. The van der Waals surface area contributed by atoms with Gasteiger partial charge in [-0.2, -0.15) is 0 Å². The molecule has 0 aliphatic carbocycles. The number of carbonyl (C=O) groups is 1. The Hall–Kier alpha value is -1.55. The first-order chi connectivity index (χ1) is 8.04. The van der Waals surface area contributed by atoms with Crippen LogP contribution in [0.2, 0.25) is 0 Å². The van der Waals surface area contributed by atoms with Gasteiger partial charge in [0.25, 0.3) is 0 Å². The van der Waals surface area contributed by atoms with E-state index in [1.807, 2.05) is 38.9 Å². The highest BCUT2D eigenvalue weighted by Gasteiger charge is 2.07. The predicted octanol–water partition coefficient (Wildman–Crippen LogP) is 1.67. The summed E-state index contributed by atoms with van der Waals surface area (Å²) in [5.74, 6) is 0.429. The lowest BCUT2D eigenvalue weighted by Crippen LogP contribution is -2.24. The van der Waals surface area contributed by atoms with Gasteiger partial charge in [-0.15, -0.1) is 0 Å². The van der Waals surface area contributed by atoms with Crippen LogP contribution < -0.4 is 5.32 Å². The van der Waals surface area contributed by atoms with E-state index in [1.165, 1.54) is 6.08 Å². The maximum Gasteiger partial charge on any atom is 0.247 e. The first-order valence-electron chi connectivity index (χ1n) is 5.59. The third-order valence-electron chi connectivity index (χ3n) is 2.06. The number of rotatable bonds is 7. The summed E-state index contributed by atoms with van der Waals surface area (Å²) in [5.41, 5.74) is 0.663. The minimum Gasteiger partial charge on any atom is -0.490 e. The van der Waals surface area contributed by atoms with Crippen molar-refractivity contribution in [3.63, 3.8) is 0 Å². The van der Waals surface area contributed by atoms with E-state index in [9.17, 15) is 4.79 Å². The van der Waals surface area contributed by atoms with E-state index in [0.29, 0.717) is 18.1 Å². The van der Waals surface area contributed by atoms with Crippen LogP contribution in [0.25, 0.3) is 0 Å². The molecule has 0 saturated carbocycles. The molecule has 0 radical (unpaired) electrons. The van der Waals surface area contributed by atoms with E-state index in [-0.39, 0.29) is 5.91 Å². The molecule has 0 atom stereocenters. The third kappa shape index (κ3) is 6.58. The van der Waals surface area contributed by atoms with E-state index in [2.05, 4.69) is 11.9 Å². The molecule has 0 rings (SSSR count). The second-order valence-electron chi connectivity index (χ2n) is 3.70. The molecule has 0 aromatic rings. The van der Waals surface area contributed by atoms with Crippen molar-refractivity contribution in [2.45, 2.75) is 13.8 Å². The zero-order valence-corrected chi connectivity index (χ0v) is 11.1. The average Bonchev–Trinajstić information content (AvgIpc) is 2.31. The molecular formula is C13H22N2O2. The molecular weight excluding hydrogens is 216 g/mol. The number of hydrogen-bond acceptors (Lipinski definition) is 3. The first kappa shape index (κ1) is 15.4. The number of likely N-dealkylation sites (N-methyl/N-ethyl adjacent to an activating group) is 1. The van der Waals surface area contributed by atoms with E-state index in [0.717, 1.165) is 6.54 Å². The van der Waals surface area contributed by atoms with E-state index in [4.69, 9.17) is 4.74 Å². The minimum atomic E-state index is -0.242.